The van der Waals surface area contributed by atoms with Gasteiger partial charge < -0.3 is 9.84 Å². The van der Waals surface area contributed by atoms with Crippen LogP contribution in [0.5, 0.6) is 5.75 Å². The lowest BCUT2D eigenvalue weighted by Gasteiger charge is -2.13. The molecule has 0 spiro atoms. The lowest BCUT2D eigenvalue weighted by molar-refractivity contribution is -0.138. The summed E-state index contributed by atoms with van der Waals surface area (Å²) in [4.78, 5) is 11.4. The number of methoxy groups -OCH3 is 1. The number of aliphatic carboxylic acids is 1. The van der Waals surface area contributed by atoms with Crippen LogP contribution in [0, 0.1) is 5.82 Å². The summed E-state index contributed by atoms with van der Waals surface area (Å²) in [5.74, 6) is -1.51. The molecule has 104 valence electrons. The zero-order valence-corrected chi connectivity index (χ0v) is 11.0. The van der Waals surface area contributed by atoms with Gasteiger partial charge in [-0.3, -0.25) is 4.79 Å². The summed E-state index contributed by atoms with van der Waals surface area (Å²) in [6.45, 7) is 0. The van der Waals surface area contributed by atoms with E-state index in [0.717, 1.165) is 5.56 Å². The van der Waals surface area contributed by atoms with Crippen LogP contribution >= 0.6 is 0 Å². The molecule has 0 aliphatic carbocycles. The molecular formula is C16H15FO3. The third-order valence-corrected chi connectivity index (χ3v) is 3.12. The summed E-state index contributed by atoms with van der Waals surface area (Å²) in [5.41, 5.74) is 1.29. The quantitative estimate of drug-likeness (QED) is 0.910. The summed E-state index contributed by atoms with van der Waals surface area (Å²) in [6, 6.07) is 12.9. The predicted molar refractivity (Wildman–Crippen MR) is 73.5 cm³/mol. The molecule has 0 saturated carbocycles. The van der Waals surface area contributed by atoms with Crippen LogP contribution in [0.25, 0.3) is 0 Å². The van der Waals surface area contributed by atoms with Gasteiger partial charge in [0.25, 0.3) is 0 Å². The summed E-state index contributed by atoms with van der Waals surface area (Å²) in [7, 11) is 1.56. The highest BCUT2D eigenvalue weighted by Crippen LogP contribution is 2.24. The SMILES string of the molecule is COc1cccc(CC(C(=O)O)c2cccc(F)c2)c1. The zero-order chi connectivity index (χ0) is 14.5. The van der Waals surface area contributed by atoms with E-state index in [1.165, 1.54) is 18.2 Å². The Labute approximate surface area is 116 Å². The number of carbonyl (C=O) groups is 1. The lowest BCUT2D eigenvalue weighted by atomic mass is 9.92. The lowest BCUT2D eigenvalue weighted by Crippen LogP contribution is -2.14. The van der Waals surface area contributed by atoms with Gasteiger partial charge in [0.1, 0.15) is 11.6 Å². The number of carboxylic acid groups (broad SMARTS) is 1. The zero-order valence-electron chi connectivity index (χ0n) is 11.0. The Morgan fingerprint density at radius 3 is 2.65 bits per heavy atom. The first kappa shape index (κ1) is 14.1. The number of hydrogen-bond acceptors (Lipinski definition) is 2. The van der Waals surface area contributed by atoms with E-state index in [4.69, 9.17) is 4.74 Å². The van der Waals surface area contributed by atoms with Crippen LogP contribution < -0.4 is 4.74 Å². The topological polar surface area (TPSA) is 46.5 Å². The van der Waals surface area contributed by atoms with Gasteiger partial charge in [-0.1, -0.05) is 24.3 Å². The van der Waals surface area contributed by atoms with E-state index >= 15 is 0 Å². The molecule has 0 radical (unpaired) electrons. The van der Waals surface area contributed by atoms with Crippen LogP contribution in [0.1, 0.15) is 17.0 Å². The number of hydrogen-bond donors (Lipinski definition) is 1. The molecule has 1 unspecified atom stereocenters. The monoisotopic (exact) mass is 274 g/mol. The summed E-state index contributed by atoms with van der Waals surface area (Å²) >= 11 is 0. The van der Waals surface area contributed by atoms with Gasteiger partial charge in [0.2, 0.25) is 0 Å². The maximum absolute atomic E-state index is 13.2. The Balaban J connectivity index is 2.28. The number of rotatable bonds is 5. The number of carboxylic acids is 1. The van der Waals surface area contributed by atoms with Crippen molar-refractivity contribution in [1.29, 1.82) is 0 Å². The molecule has 2 aromatic carbocycles. The average molecular weight is 274 g/mol. The molecule has 0 fully saturated rings. The fourth-order valence-corrected chi connectivity index (χ4v) is 2.11. The predicted octanol–water partition coefficient (Wildman–Crippen LogP) is 3.25. The van der Waals surface area contributed by atoms with Crippen molar-refractivity contribution >= 4 is 5.97 Å². The Morgan fingerprint density at radius 2 is 2.00 bits per heavy atom. The largest absolute Gasteiger partial charge is 0.497 e. The van der Waals surface area contributed by atoms with Crippen LogP contribution in [0.2, 0.25) is 0 Å². The molecule has 2 rings (SSSR count). The van der Waals surface area contributed by atoms with E-state index in [0.29, 0.717) is 11.3 Å². The van der Waals surface area contributed by atoms with E-state index in [9.17, 15) is 14.3 Å². The van der Waals surface area contributed by atoms with Crippen LogP contribution in [0.3, 0.4) is 0 Å². The third-order valence-electron chi connectivity index (χ3n) is 3.12. The van der Waals surface area contributed by atoms with Crippen molar-refractivity contribution in [3.63, 3.8) is 0 Å². The number of benzene rings is 2. The molecule has 0 aliphatic heterocycles. The van der Waals surface area contributed by atoms with Crippen LogP contribution in [-0.2, 0) is 11.2 Å². The second kappa shape index (κ2) is 6.19. The summed E-state index contributed by atoms with van der Waals surface area (Å²) in [6.07, 6.45) is 0.288. The second-order valence-electron chi connectivity index (χ2n) is 4.50. The smallest absolute Gasteiger partial charge is 0.311 e. The number of ether oxygens (including phenoxy) is 1. The van der Waals surface area contributed by atoms with Crippen molar-refractivity contribution in [2.45, 2.75) is 12.3 Å². The normalized spacial score (nSPS) is 11.9. The van der Waals surface area contributed by atoms with Gasteiger partial charge in [-0.05, 0) is 41.8 Å². The Bertz CT molecular complexity index is 610. The molecule has 0 amide bonds. The van der Waals surface area contributed by atoms with E-state index in [1.54, 1.807) is 31.4 Å². The molecule has 2 aromatic rings. The Kier molecular flexibility index (Phi) is 4.35. The first-order chi connectivity index (χ1) is 9.60. The van der Waals surface area contributed by atoms with Crippen LogP contribution in [-0.4, -0.2) is 18.2 Å². The van der Waals surface area contributed by atoms with Crippen molar-refractivity contribution in [3.05, 3.63) is 65.5 Å². The van der Waals surface area contributed by atoms with Gasteiger partial charge in [-0.25, -0.2) is 4.39 Å². The van der Waals surface area contributed by atoms with Crippen molar-refractivity contribution in [3.8, 4) is 5.75 Å². The van der Waals surface area contributed by atoms with Gasteiger partial charge in [0.05, 0.1) is 13.0 Å². The van der Waals surface area contributed by atoms with Crippen molar-refractivity contribution in [1.82, 2.24) is 0 Å². The van der Waals surface area contributed by atoms with E-state index in [2.05, 4.69) is 0 Å². The number of halogens is 1. The van der Waals surface area contributed by atoms with Crippen molar-refractivity contribution < 1.29 is 19.0 Å². The standard InChI is InChI=1S/C16H15FO3/c1-20-14-7-2-4-11(8-14)9-15(16(18)19)12-5-3-6-13(17)10-12/h2-8,10,15H,9H2,1H3,(H,18,19). The third kappa shape index (κ3) is 3.35. The summed E-state index contributed by atoms with van der Waals surface area (Å²) in [5, 5.41) is 9.35. The highest BCUT2D eigenvalue weighted by Gasteiger charge is 2.21. The minimum Gasteiger partial charge on any atom is -0.497 e. The van der Waals surface area contributed by atoms with Crippen LogP contribution in [0.15, 0.2) is 48.5 Å². The fraction of sp³-hybridized carbons (Fsp3) is 0.188. The van der Waals surface area contributed by atoms with Crippen molar-refractivity contribution in [2.24, 2.45) is 0 Å². The molecule has 0 aromatic heterocycles. The maximum atomic E-state index is 13.2. The van der Waals surface area contributed by atoms with E-state index < -0.39 is 17.7 Å². The molecule has 0 aliphatic rings. The van der Waals surface area contributed by atoms with Gasteiger partial charge in [0, 0.05) is 0 Å². The van der Waals surface area contributed by atoms with E-state index in [1.807, 2.05) is 6.07 Å². The first-order valence-electron chi connectivity index (χ1n) is 6.21. The molecule has 1 N–H and O–H groups in total. The van der Waals surface area contributed by atoms with Gasteiger partial charge >= 0.3 is 5.97 Å². The van der Waals surface area contributed by atoms with Gasteiger partial charge in [0.15, 0.2) is 0 Å². The van der Waals surface area contributed by atoms with Gasteiger partial charge in [-0.15, -0.1) is 0 Å². The summed E-state index contributed by atoms with van der Waals surface area (Å²) < 4.78 is 18.3. The second-order valence-corrected chi connectivity index (χ2v) is 4.50. The molecule has 0 saturated heterocycles. The molecule has 4 heteroatoms. The highest BCUT2D eigenvalue weighted by molar-refractivity contribution is 5.76. The molecule has 0 heterocycles. The average Bonchev–Trinajstić information content (AvgIpc) is 2.44. The minimum atomic E-state index is -0.974. The highest BCUT2D eigenvalue weighted by atomic mass is 19.1. The fourth-order valence-electron chi connectivity index (χ4n) is 2.11. The Morgan fingerprint density at radius 1 is 1.25 bits per heavy atom. The van der Waals surface area contributed by atoms with Crippen molar-refractivity contribution in [2.75, 3.05) is 7.11 Å². The molecular weight excluding hydrogens is 259 g/mol. The van der Waals surface area contributed by atoms with E-state index in [-0.39, 0.29) is 6.42 Å². The van der Waals surface area contributed by atoms with Crippen LogP contribution in [0.4, 0.5) is 4.39 Å². The molecule has 3 nitrogen and oxygen atoms in total. The Hall–Kier alpha value is -2.36. The molecule has 1 atom stereocenters. The first-order valence-corrected chi connectivity index (χ1v) is 6.21. The molecule has 0 bridgehead atoms. The van der Waals surface area contributed by atoms with Gasteiger partial charge in [-0.2, -0.15) is 0 Å². The maximum Gasteiger partial charge on any atom is 0.311 e. The molecule has 20 heavy (non-hydrogen) atoms. The minimum absolute atomic E-state index is 0.288.